The fourth-order valence-electron chi connectivity index (χ4n) is 4.54. The number of hydrogen-bond donors (Lipinski definition) is 0. The van der Waals surface area contributed by atoms with E-state index in [2.05, 4.69) is 13.2 Å². The van der Waals surface area contributed by atoms with Crippen molar-refractivity contribution in [3.63, 3.8) is 0 Å². The second-order valence-electron chi connectivity index (χ2n) is 8.53. The standard InChI is InChI=1S/C23H26O7/c1-10(2)20(25)28-15-9-13(6)16-14(24)8-12(5)17(16)19-18(15)23(7,22(27)29-19)30-21(26)11(3)4/h8,15,17-19H,1,3,9H2,2,4-7H3/t15-,17-,18+,19-,23-/m0/s1. The average Bonchev–Trinajstić information content (AvgIpc) is 3.01. The van der Waals surface area contributed by atoms with E-state index in [9.17, 15) is 19.2 Å². The smallest absolute Gasteiger partial charge is 0.351 e. The Bertz CT molecular complexity index is 951. The van der Waals surface area contributed by atoms with E-state index < -0.39 is 47.6 Å². The molecule has 1 heterocycles. The molecular weight excluding hydrogens is 388 g/mol. The first-order valence-corrected chi connectivity index (χ1v) is 9.77. The summed E-state index contributed by atoms with van der Waals surface area (Å²) in [5, 5.41) is 0. The summed E-state index contributed by atoms with van der Waals surface area (Å²) in [5.41, 5.74) is 0.649. The van der Waals surface area contributed by atoms with Gasteiger partial charge in [0.15, 0.2) is 5.78 Å². The normalized spacial score (nSPS) is 32.5. The maximum Gasteiger partial charge on any atom is 0.351 e. The molecule has 1 saturated heterocycles. The van der Waals surface area contributed by atoms with Gasteiger partial charge in [0.05, 0.1) is 5.92 Å². The number of fused-ring (bicyclic) bond motifs is 3. The quantitative estimate of drug-likeness (QED) is 0.396. The molecule has 0 amide bonds. The van der Waals surface area contributed by atoms with Crippen molar-refractivity contribution < 1.29 is 33.4 Å². The minimum atomic E-state index is -1.71. The van der Waals surface area contributed by atoms with Gasteiger partial charge in [-0.2, -0.15) is 0 Å². The first-order chi connectivity index (χ1) is 13.9. The zero-order valence-electron chi connectivity index (χ0n) is 17.9. The van der Waals surface area contributed by atoms with E-state index in [1.54, 1.807) is 13.8 Å². The second-order valence-corrected chi connectivity index (χ2v) is 8.53. The van der Waals surface area contributed by atoms with Crippen LogP contribution in [0.4, 0.5) is 0 Å². The predicted octanol–water partition coefficient (Wildman–Crippen LogP) is 2.76. The SMILES string of the molecule is C=C(C)C(=O)O[C@H]1CC(C)=C2C(=O)C=C(C)[C@@H]2[C@@H]2OC(=O)[C@@](C)(OC(=O)C(=C)C)[C@@H]21. The number of allylic oxidation sites excluding steroid dienone is 1. The van der Waals surface area contributed by atoms with Gasteiger partial charge in [-0.25, -0.2) is 14.4 Å². The second kappa shape index (κ2) is 7.38. The third-order valence-corrected chi connectivity index (χ3v) is 6.02. The Balaban J connectivity index is 2.13. The minimum absolute atomic E-state index is 0.124. The number of carbonyl (C=O) groups is 4. The van der Waals surface area contributed by atoms with Gasteiger partial charge in [0.2, 0.25) is 5.60 Å². The highest BCUT2D eigenvalue weighted by molar-refractivity contribution is 6.09. The van der Waals surface area contributed by atoms with Crippen LogP contribution in [-0.4, -0.2) is 41.5 Å². The van der Waals surface area contributed by atoms with E-state index in [1.165, 1.54) is 26.8 Å². The molecule has 0 aromatic carbocycles. The molecule has 7 nitrogen and oxygen atoms in total. The van der Waals surface area contributed by atoms with Gasteiger partial charge >= 0.3 is 17.9 Å². The highest BCUT2D eigenvalue weighted by atomic mass is 16.6. The average molecular weight is 414 g/mol. The van der Waals surface area contributed by atoms with Crippen LogP contribution in [0.15, 0.2) is 47.1 Å². The molecule has 0 saturated carbocycles. The summed E-state index contributed by atoms with van der Waals surface area (Å²) in [6.07, 6.45) is 0.0608. The van der Waals surface area contributed by atoms with Gasteiger partial charge in [-0.1, -0.05) is 24.3 Å². The molecular formula is C23H26O7. The van der Waals surface area contributed by atoms with Gasteiger partial charge in [-0.15, -0.1) is 0 Å². The van der Waals surface area contributed by atoms with Crippen molar-refractivity contribution in [2.24, 2.45) is 11.8 Å². The molecule has 7 heteroatoms. The molecule has 30 heavy (non-hydrogen) atoms. The van der Waals surface area contributed by atoms with E-state index in [0.29, 0.717) is 5.57 Å². The van der Waals surface area contributed by atoms with Crippen molar-refractivity contribution >= 4 is 23.7 Å². The van der Waals surface area contributed by atoms with Crippen molar-refractivity contribution in [3.8, 4) is 0 Å². The Labute approximate surface area is 175 Å². The molecule has 0 bridgehead atoms. The summed E-state index contributed by atoms with van der Waals surface area (Å²) in [6, 6.07) is 0. The first-order valence-electron chi connectivity index (χ1n) is 9.77. The Morgan fingerprint density at radius 1 is 1.13 bits per heavy atom. The third-order valence-electron chi connectivity index (χ3n) is 6.02. The predicted molar refractivity (Wildman–Crippen MR) is 107 cm³/mol. The Morgan fingerprint density at radius 3 is 2.30 bits per heavy atom. The topological polar surface area (TPSA) is 96.0 Å². The molecule has 0 aromatic heterocycles. The number of hydrogen-bond acceptors (Lipinski definition) is 7. The highest BCUT2D eigenvalue weighted by Crippen LogP contribution is 2.51. The van der Waals surface area contributed by atoms with Crippen molar-refractivity contribution in [3.05, 3.63) is 47.1 Å². The van der Waals surface area contributed by atoms with Crippen molar-refractivity contribution in [2.75, 3.05) is 0 Å². The van der Waals surface area contributed by atoms with Gasteiger partial charge < -0.3 is 14.2 Å². The van der Waals surface area contributed by atoms with Crippen molar-refractivity contribution in [1.29, 1.82) is 0 Å². The molecule has 3 aliphatic rings. The van der Waals surface area contributed by atoms with Crippen LogP contribution in [0, 0.1) is 11.8 Å². The summed E-state index contributed by atoms with van der Waals surface area (Å²) in [6.45, 7) is 15.2. The lowest BCUT2D eigenvalue weighted by atomic mass is 9.77. The number of rotatable bonds is 4. The summed E-state index contributed by atoms with van der Waals surface area (Å²) in [5.74, 6) is -3.56. The van der Waals surface area contributed by atoms with Gasteiger partial charge in [-0.3, -0.25) is 4.79 Å². The number of carbonyl (C=O) groups excluding carboxylic acids is 4. The third kappa shape index (κ3) is 3.32. The van der Waals surface area contributed by atoms with Crippen LogP contribution in [0.25, 0.3) is 0 Å². The zero-order chi connectivity index (χ0) is 22.5. The van der Waals surface area contributed by atoms with Crippen molar-refractivity contribution in [1.82, 2.24) is 0 Å². The van der Waals surface area contributed by atoms with Gasteiger partial charge in [0.25, 0.3) is 0 Å². The molecule has 2 aliphatic carbocycles. The van der Waals surface area contributed by atoms with Crippen molar-refractivity contribution in [2.45, 2.75) is 58.8 Å². The molecule has 0 radical (unpaired) electrons. The van der Waals surface area contributed by atoms with Crippen LogP contribution in [0.3, 0.4) is 0 Å². The number of esters is 3. The minimum Gasteiger partial charge on any atom is -0.458 e. The fourth-order valence-corrected chi connectivity index (χ4v) is 4.54. The maximum atomic E-state index is 12.9. The van der Waals surface area contributed by atoms with Crippen LogP contribution >= 0.6 is 0 Å². The van der Waals surface area contributed by atoms with E-state index >= 15 is 0 Å². The molecule has 0 N–H and O–H groups in total. The van der Waals surface area contributed by atoms with Crippen LogP contribution in [0.1, 0.15) is 41.0 Å². The lowest BCUT2D eigenvalue weighted by molar-refractivity contribution is -0.175. The molecule has 0 spiro atoms. The summed E-state index contributed by atoms with van der Waals surface area (Å²) >= 11 is 0. The van der Waals surface area contributed by atoms with E-state index in [1.807, 2.05) is 0 Å². The maximum absolute atomic E-state index is 12.9. The van der Waals surface area contributed by atoms with E-state index in [4.69, 9.17) is 14.2 Å². The Kier molecular flexibility index (Phi) is 5.35. The Hall–Kier alpha value is -2.96. The summed E-state index contributed by atoms with van der Waals surface area (Å²) in [7, 11) is 0. The lowest BCUT2D eigenvalue weighted by Crippen LogP contribution is -2.50. The van der Waals surface area contributed by atoms with Gasteiger partial charge in [0, 0.05) is 29.1 Å². The van der Waals surface area contributed by atoms with Crippen LogP contribution in [-0.2, 0) is 33.4 Å². The highest BCUT2D eigenvalue weighted by Gasteiger charge is 2.65. The van der Waals surface area contributed by atoms with Crippen LogP contribution in [0.5, 0.6) is 0 Å². The molecule has 1 fully saturated rings. The van der Waals surface area contributed by atoms with Crippen LogP contribution in [0.2, 0.25) is 0 Å². The molecule has 3 rings (SSSR count). The number of ether oxygens (including phenoxy) is 3. The van der Waals surface area contributed by atoms with Gasteiger partial charge in [0.1, 0.15) is 12.2 Å². The van der Waals surface area contributed by atoms with Gasteiger partial charge in [-0.05, 0) is 40.7 Å². The summed E-state index contributed by atoms with van der Waals surface area (Å²) in [4.78, 5) is 50.3. The molecule has 160 valence electrons. The zero-order valence-corrected chi connectivity index (χ0v) is 17.9. The molecule has 5 atom stereocenters. The fraction of sp³-hybridized carbons (Fsp3) is 0.478. The first kappa shape index (κ1) is 21.7. The monoisotopic (exact) mass is 414 g/mol. The van der Waals surface area contributed by atoms with Crippen LogP contribution < -0.4 is 0 Å². The molecule has 0 aromatic rings. The lowest BCUT2D eigenvalue weighted by Gasteiger charge is -2.34. The number of ketones is 1. The van der Waals surface area contributed by atoms with E-state index in [0.717, 1.165) is 11.1 Å². The summed E-state index contributed by atoms with van der Waals surface area (Å²) < 4.78 is 17.0. The Morgan fingerprint density at radius 2 is 1.73 bits per heavy atom. The molecule has 0 unspecified atom stereocenters. The largest absolute Gasteiger partial charge is 0.458 e. The van der Waals surface area contributed by atoms with E-state index in [-0.39, 0.29) is 23.4 Å². The molecule has 1 aliphatic heterocycles.